The molecule has 3 aromatic carbocycles. The molecule has 0 atom stereocenters. The SMILES string of the molecule is Cc1ccc(S(=O)(=O)N2CCN(c3c(Cl)cccc3NC(=O)/C=C/c3cccc([N+](=O)[O-])c3)CC2)cc1. The van der Waals surface area contributed by atoms with Gasteiger partial charge in [0.2, 0.25) is 15.9 Å². The van der Waals surface area contributed by atoms with Crippen LogP contribution in [0, 0.1) is 17.0 Å². The van der Waals surface area contributed by atoms with E-state index in [0.717, 1.165) is 5.56 Å². The van der Waals surface area contributed by atoms with E-state index in [1.54, 1.807) is 54.6 Å². The third-order valence-corrected chi connectivity index (χ3v) is 8.18. The molecule has 0 radical (unpaired) electrons. The van der Waals surface area contributed by atoms with Crippen molar-refractivity contribution in [3.05, 3.63) is 99.1 Å². The summed E-state index contributed by atoms with van der Waals surface area (Å²) in [5.74, 6) is -0.435. The Labute approximate surface area is 220 Å². The Balaban J connectivity index is 1.46. The number of aryl methyl sites for hydroxylation is 1. The average Bonchev–Trinajstić information content (AvgIpc) is 2.88. The molecular weight excluding hydrogens is 516 g/mol. The molecule has 0 aliphatic carbocycles. The lowest BCUT2D eigenvalue weighted by molar-refractivity contribution is -0.384. The fourth-order valence-corrected chi connectivity index (χ4v) is 5.75. The highest BCUT2D eigenvalue weighted by Gasteiger charge is 2.30. The maximum Gasteiger partial charge on any atom is 0.270 e. The second-order valence-corrected chi connectivity index (χ2v) is 10.9. The van der Waals surface area contributed by atoms with Crippen LogP contribution in [0.1, 0.15) is 11.1 Å². The third kappa shape index (κ3) is 6.16. The van der Waals surface area contributed by atoms with Gasteiger partial charge in [-0.25, -0.2) is 8.42 Å². The molecule has 0 spiro atoms. The van der Waals surface area contributed by atoms with Gasteiger partial charge in [-0.05, 0) is 42.8 Å². The van der Waals surface area contributed by atoms with Gasteiger partial charge < -0.3 is 10.2 Å². The quantitative estimate of drug-likeness (QED) is 0.263. The van der Waals surface area contributed by atoms with Gasteiger partial charge in [-0.1, -0.05) is 47.5 Å². The highest BCUT2D eigenvalue weighted by Crippen LogP contribution is 2.35. The van der Waals surface area contributed by atoms with Crippen molar-refractivity contribution in [2.24, 2.45) is 0 Å². The van der Waals surface area contributed by atoms with Gasteiger partial charge in [-0.2, -0.15) is 4.31 Å². The number of sulfonamides is 1. The number of benzene rings is 3. The second kappa shape index (κ2) is 11.1. The number of amides is 1. The standard InChI is InChI=1S/C26H25ClN4O5S/c1-19-8-11-22(12-9-19)37(35,36)30-16-14-29(15-17-30)26-23(27)6-3-7-24(26)28-25(32)13-10-20-4-2-5-21(18-20)31(33)34/h2-13,18H,14-17H2,1H3,(H,28,32)/b13-10+. The zero-order chi connectivity index (χ0) is 26.6. The number of halogens is 1. The molecule has 0 aromatic heterocycles. The molecule has 0 unspecified atom stereocenters. The van der Waals surface area contributed by atoms with E-state index in [-0.39, 0.29) is 23.7 Å². The van der Waals surface area contributed by atoms with Gasteiger partial charge in [0.15, 0.2) is 0 Å². The van der Waals surface area contributed by atoms with Crippen molar-refractivity contribution in [3.63, 3.8) is 0 Å². The van der Waals surface area contributed by atoms with E-state index >= 15 is 0 Å². The van der Waals surface area contributed by atoms with E-state index in [4.69, 9.17) is 11.6 Å². The number of carbonyl (C=O) groups is 1. The second-order valence-electron chi connectivity index (χ2n) is 8.51. The van der Waals surface area contributed by atoms with Gasteiger partial charge in [0.1, 0.15) is 0 Å². The first-order valence-electron chi connectivity index (χ1n) is 11.5. The molecule has 1 aliphatic rings. The zero-order valence-corrected chi connectivity index (χ0v) is 21.6. The number of rotatable bonds is 7. The van der Waals surface area contributed by atoms with Crippen molar-refractivity contribution in [2.75, 3.05) is 36.4 Å². The first-order valence-corrected chi connectivity index (χ1v) is 13.3. The van der Waals surface area contributed by atoms with Gasteiger partial charge in [0.25, 0.3) is 5.69 Å². The summed E-state index contributed by atoms with van der Waals surface area (Å²) in [5, 5.41) is 14.2. The molecule has 3 aromatic rings. The number of nitro groups is 1. The fraction of sp³-hybridized carbons (Fsp3) is 0.192. The summed E-state index contributed by atoms with van der Waals surface area (Å²) >= 11 is 6.50. The van der Waals surface area contributed by atoms with Crippen LogP contribution in [0.2, 0.25) is 5.02 Å². The van der Waals surface area contributed by atoms with Gasteiger partial charge in [0.05, 0.1) is 26.2 Å². The molecule has 4 rings (SSSR count). The largest absolute Gasteiger partial charge is 0.366 e. The maximum absolute atomic E-state index is 13.0. The van der Waals surface area contributed by atoms with Crippen molar-refractivity contribution >= 4 is 50.7 Å². The minimum absolute atomic E-state index is 0.0665. The van der Waals surface area contributed by atoms with E-state index in [2.05, 4.69) is 5.32 Å². The highest BCUT2D eigenvalue weighted by molar-refractivity contribution is 7.89. The van der Waals surface area contributed by atoms with Crippen LogP contribution in [0.3, 0.4) is 0 Å². The molecular formula is C26H25ClN4O5S. The van der Waals surface area contributed by atoms with E-state index in [1.165, 1.54) is 28.6 Å². The van der Waals surface area contributed by atoms with Gasteiger partial charge in [0, 0.05) is 44.4 Å². The fourth-order valence-electron chi connectivity index (χ4n) is 4.04. The molecule has 9 nitrogen and oxygen atoms in total. The normalized spacial score (nSPS) is 14.6. The van der Waals surface area contributed by atoms with Crippen molar-refractivity contribution in [1.29, 1.82) is 0 Å². The van der Waals surface area contributed by atoms with Crippen LogP contribution >= 0.6 is 11.6 Å². The lowest BCUT2D eigenvalue weighted by Gasteiger charge is -2.36. The van der Waals surface area contributed by atoms with Gasteiger partial charge in [-0.15, -0.1) is 0 Å². The first-order chi connectivity index (χ1) is 17.6. The minimum Gasteiger partial charge on any atom is -0.366 e. The Bertz CT molecular complexity index is 1450. The topological polar surface area (TPSA) is 113 Å². The molecule has 1 saturated heterocycles. The van der Waals surface area contributed by atoms with Crippen LogP contribution in [0.4, 0.5) is 17.1 Å². The number of carbonyl (C=O) groups excluding carboxylic acids is 1. The van der Waals surface area contributed by atoms with Crippen molar-refractivity contribution in [3.8, 4) is 0 Å². The Morgan fingerprint density at radius 3 is 2.38 bits per heavy atom. The molecule has 1 N–H and O–H groups in total. The number of piperazine rings is 1. The average molecular weight is 541 g/mol. The first kappa shape index (κ1) is 26.3. The summed E-state index contributed by atoms with van der Waals surface area (Å²) in [5.41, 5.74) is 2.52. The lowest BCUT2D eigenvalue weighted by Crippen LogP contribution is -2.49. The number of para-hydroxylation sites is 1. The van der Waals surface area contributed by atoms with E-state index in [9.17, 15) is 23.3 Å². The molecule has 1 amide bonds. The van der Waals surface area contributed by atoms with Crippen LogP contribution in [0.25, 0.3) is 6.08 Å². The molecule has 0 bridgehead atoms. The number of hydrogen-bond donors (Lipinski definition) is 1. The predicted molar refractivity (Wildman–Crippen MR) is 144 cm³/mol. The lowest BCUT2D eigenvalue weighted by atomic mass is 10.2. The van der Waals surface area contributed by atoms with Crippen molar-refractivity contribution < 1.29 is 18.1 Å². The number of nitrogens with zero attached hydrogens (tertiary/aromatic N) is 3. The molecule has 0 saturated carbocycles. The van der Waals surface area contributed by atoms with E-state index < -0.39 is 20.9 Å². The van der Waals surface area contributed by atoms with Crippen LogP contribution < -0.4 is 10.2 Å². The Morgan fingerprint density at radius 1 is 1.03 bits per heavy atom. The van der Waals surface area contributed by atoms with Gasteiger partial charge >= 0.3 is 0 Å². The number of nitrogens with one attached hydrogen (secondary N) is 1. The summed E-state index contributed by atoms with van der Waals surface area (Å²) in [7, 11) is -3.61. The van der Waals surface area contributed by atoms with Gasteiger partial charge in [-0.3, -0.25) is 14.9 Å². The maximum atomic E-state index is 13.0. The number of anilines is 2. The van der Waals surface area contributed by atoms with Crippen LogP contribution in [-0.2, 0) is 14.8 Å². The summed E-state index contributed by atoms with van der Waals surface area (Å²) < 4.78 is 27.5. The molecule has 192 valence electrons. The summed E-state index contributed by atoms with van der Waals surface area (Å²) in [6.45, 7) is 3.21. The Morgan fingerprint density at radius 2 is 1.70 bits per heavy atom. The monoisotopic (exact) mass is 540 g/mol. The van der Waals surface area contributed by atoms with Crippen LogP contribution in [0.15, 0.2) is 77.7 Å². The molecule has 37 heavy (non-hydrogen) atoms. The summed E-state index contributed by atoms with van der Waals surface area (Å²) in [6, 6.07) is 17.9. The number of hydrogen-bond acceptors (Lipinski definition) is 6. The van der Waals surface area contributed by atoms with Crippen LogP contribution in [-0.4, -0.2) is 49.7 Å². The number of non-ortho nitro benzene ring substituents is 1. The Kier molecular flexibility index (Phi) is 7.91. The summed E-state index contributed by atoms with van der Waals surface area (Å²) in [4.78, 5) is 25.3. The van der Waals surface area contributed by atoms with Crippen LogP contribution in [0.5, 0.6) is 0 Å². The zero-order valence-electron chi connectivity index (χ0n) is 20.0. The molecule has 1 aliphatic heterocycles. The van der Waals surface area contributed by atoms with Crippen molar-refractivity contribution in [1.82, 2.24) is 4.31 Å². The molecule has 11 heteroatoms. The van der Waals surface area contributed by atoms with E-state index in [0.29, 0.717) is 35.1 Å². The van der Waals surface area contributed by atoms with Crippen molar-refractivity contribution in [2.45, 2.75) is 11.8 Å². The summed E-state index contributed by atoms with van der Waals surface area (Å²) in [6.07, 6.45) is 2.77. The number of nitro benzene ring substituents is 1. The molecule has 1 heterocycles. The van der Waals surface area contributed by atoms with E-state index in [1.807, 2.05) is 11.8 Å². The highest BCUT2D eigenvalue weighted by atomic mass is 35.5. The molecule has 1 fully saturated rings. The Hall–Kier alpha value is -3.73. The predicted octanol–water partition coefficient (Wildman–Crippen LogP) is 4.72. The minimum atomic E-state index is -3.61. The third-order valence-electron chi connectivity index (χ3n) is 5.97. The smallest absolute Gasteiger partial charge is 0.270 e.